The van der Waals surface area contributed by atoms with Crippen LogP contribution in [-0.2, 0) is 14.4 Å². The number of piperidine rings is 1. The van der Waals surface area contributed by atoms with Gasteiger partial charge in [0.1, 0.15) is 0 Å². The topological polar surface area (TPSA) is 69.7 Å². The van der Waals surface area contributed by atoms with Crippen LogP contribution in [0.5, 0.6) is 0 Å². The lowest BCUT2D eigenvalue weighted by Crippen LogP contribution is -2.48. The van der Waals surface area contributed by atoms with Gasteiger partial charge in [0.15, 0.2) is 0 Å². The Morgan fingerprint density at radius 1 is 1.15 bits per heavy atom. The van der Waals surface area contributed by atoms with E-state index in [4.69, 9.17) is 0 Å². The number of likely N-dealkylation sites (tertiary alicyclic amines) is 2. The standard InChI is InChI=1S/C20H27N3O3/c1-2-23-18(25)11-10-16(19(23)15-7-4-3-5-8-15)20(26)21-12-14-22-13-6-9-17(22)24/h3-5,7-8,16,19H,2,6,9-14H2,1H3,(H,21,26)/t16-,19+/m1/s1. The van der Waals surface area contributed by atoms with Crippen molar-refractivity contribution in [3.8, 4) is 0 Å². The summed E-state index contributed by atoms with van der Waals surface area (Å²) in [6, 6.07) is 9.55. The monoisotopic (exact) mass is 357 g/mol. The van der Waals surface area contributed by atoms with Gasteiger partial charge >= 0.3 is 0 Å². The zero-order chi connectivity index (χ0) is 18.5. The summed E-state index contributed by atoms with van der Waals surface area (Å²) in [6.07, 6.45) is 2.47. The van der Waals surface area contributed by atoms with Crippen molar-refractivity contribution in [3.63, 3.8) is 0 Å². The molecule has 1 aromatic rings. The Balaban J connectivity index is 1.68. The molecule has 1 N–H and O–H groups in total. The molecule has 6 heteroatoms. The first kappa shape index (κ1) is 18.4. The van der Waals surface area contributed by atoms with Gasteiger partial charge in [-0.05, 0) is 25.3 Å². The van der Waals surface area contributed by atoms with Gasteiger partial charge in [0.25, 0.3) is 0 Å². The van der Waals surface area contributed by atoms with Crippen molar-refractivity contribution in [2.24, 2.45) is 5.92 Å². The Labute approximate surface area is 154 Å². The molecule has 3 amide bonds. The van der Waals surface area contributed by atoms with E-state index in [1.807, 2.05) is 42.2 Å². The smallest absolute Gasteiger partial charge is 0.225 e. The highest BCUT2D eigenvalue weighted by Crippen LogP contribution is 2.36. The minimum atomic E-state index is -0.260. The van der Waals surface area contributed by atoms with Crippen LogP contribution < -0.4 is 5.32 Å². The summed E-state index contributed by atoms with van der Waals surface area (Å²) in [4.78, 5) is 40.5. The number of hydrogen-bond donors (Lipinski definition) is 1. The predicted octanol–water partition coefficient (Wildman–Crippen LogP) is 1.72. The van der Waals surface area contributed by atoms with E-state index in [1.165, 1.54) is 0 Å². The average Bonchev–Trinajstić information content (AvgIpc) is 3.07. The molecule has 2 aliphatic rings. The van der Waals surface area contributed by atoms with E-state index in [-0.39, 0.29) is 29.7 Å². The van der Waals surface area contributed by atoms with Gasteiger partial charge in [0, 0.05) is 39.0 Å². The van der Waals surface area contributed by atoms with Gasteiger partial charge < -0.3 is 15.1 Å². The molecule has 2 saturated heterocycles. The van der Waals surface area contributed by atoms with Crippen LogP contribution in [-0.4, -0.2) is 53.7 Å². The molecule has 0 unspecified atom stereocenters. The molecule has 0 radical (unpaired) electrons. The Morgan fingerprint density at radius 2 is 1.92 bits per heavy atom. The van der Waals surface area contributed by atoms with Crippen LogP contribution in [0.1, 0.15) is 44.2 Å². The van der Waals surface area contributed by atoms with Crippen LogP contribution in [0.2, 0.25) is 0 Å². The fourth-order valence-corrected chi connectivity index (χ4v) is 4.05. The molecule has 26 heavy (non-hydrogen) atoms. The van der Waals surface area contributed by atoms with Crippen molar-refractivity contribution in [1.29, 1.82) is 0 Å². The third-order valence-corrected chi connectivity index (χ3v) is 5.38. The van der Waals surface area contributed by atoms with Crippen molar-refractivity contribution in [3.05, 3.63) is 35.9 Å². The highest BCUT2D eigenvalue weighted by atomic mass is 16.2. The van der Waals surface area contributed by atoms with Crippen LogP contribution in [0.3, 0.4) is 0 Å². The van der Waals surface area contributed by atoms with Gasteiger partial charge in [-0.15, -0.1) is 0 Å². The van der Waals surface area contributed by atoms with Crippen LogP contribution in [0, 0.1) is 5.92 Å². The summed E-state index contributed by atoms with van der Waals surface area (Å²) in [6.45, 7) is 4.34. The van der Waals surface area contributed by atoms with Gasteiger partial charge in [-0.2, -0.15) is 0 Å². The van der Waals surface area contributed by atoms with Crippen molar-refractivity contribution < 1.29 is 14.4 Å². The molecule has 2 aliphatic heterocycles. The zero-order valence-electron chi connectivity index (χ0n) is 15.3. The SMILES string of the molecule is CCN1C(=O)CC[C@@H](C(=O)NCCN2CCCC2=O)[C@@H]1c1ccccc1. The number of carbonyl (C=O) groups is 3. The van der Waals surface area contributed by atoms with E-state index < -0.39 is 0 Å². The molecule has 2 heterocycles. The van der Waals surface area contributed by atoms with Crippen molar-refractivity contribution in [1.82, 2.24) is 15.1 Å². The van der Waals surface area contributed by atoms with Gasteiger partial charge in [-0.25, -0.2) is 0 Å². The van der Waals surface area contributed by atoms with Gasteiger partial charge in [-0.3, -0.25) is 14.4 Å². The second-order valence-electron chi connectivity index (χ2n) is 6.96. The number of nitrogens with one attached hydrogen (secondary N) is 1. The number of nitrogens with zero attached hydrogens (tertiary/aromatic N) is 2. The van der Waals surface area contributed by atoms with Gasteiger partial charge in [0.2, 0.25) is 17.7 Å². The molecule has 140 valence electrons. The van der Waals surface area contributed by atoms with E-state index in [0.717, 1.165) is 18.5 Å². The summed E-state index contributed by atoms with van der Waals surface area (Å²) in [5.41, 5.74) is 0.997. The van der Waals surface area contributed by atoms with E-state index in [2.05, 4.69) is 5.32 Å². The summed E-state index contributed by atoms with van der Waals surface area (Å²) in [5, 5.41) is 2.99. The molecule has 0 aromatic heterocycles. The molecular formula is C20H27N3O3. The molecule has 0 spiro atoms. The maximum absolute atomic E-state index is 12.9. The van der Waals surface area contributed by atoms with Crippen LogP contribution in [0.15, 0.2) is 30.3 Å². The van der Waals surface area contributed by atoms with E-state index >= 15 is 0 Å². The van der Waals surface area contributed by atoms with Crippen LogP contribution in [0.4, 0.5) is 0 Å². The lowest BCUT2D eigenvalue weighted by atomic mass is 9.83. The Hall–Kier alpha value is -2.37. The lowest BCUT2D eigenvalue weighted by Gasteiger charge is -2.40. The first-order valence-electron chi connectivity index (χ1n) is 9.51. The summed E-state index contributed by atoms with van der Waals surface area (Å²) in [5.74, 6) is -0.0179. The molecule has 2 fully saturated rings. The first-order valence-corrected chi connectivity index (χ1v) is 9.51. The Morgan fingerprint density at radius 3 is 2.58 bits per heavy atom. The quantitative estimate of drug-likeness (QED) is 0.843. The summed E-state index contributed by atoms with van der Waals surface area (Å²) in [7, 11) is 0. The highest BCUT2D eigenvalue weighted by molar-refractivity contribution is 5.85. The number of rotatable bonds is 6. The molecular weight excluding hydrogens is 330 g/mol. The van der Waals surface area contributed by atoms with E-state index in [0.29, 0.717) is 38.9 Å². The lowest BCUT2D eigenvalue weighted by molar-refractivity contribution is -0.143. The minimum absolute atomic E-state index is 0.0311. The molecule has 0 saturated carbocycles. The molecule has 1 aromatic carbocycles. The third kappa shape index (κ3) is 3.89. The maximum Gasteiger partial charge on any atom is 0.225 e. The second kappa shape index (κ2) is 8.34. The Kier molecular flexibility index (Phi) is 5.91. The third-order valence-electron chi connectivity index (χ3n) is 5.38. The van der Waals surface area contributed by atoms with Crippen molar-refractivity contribution >= 4 is 17.7 Å². The number of carbonyl (C=O) groups excluding carboxylic acids is 3. The highest BCUT2D eigenvalue weighted by Gasteiger charge is 2.39. The minimum Gasteiger partial charge on any atom is -0.354 e. The average molecular weight is 357 g/mol. The van der Waals surface area contributed by atoms with Crippen LogP contribution in [0.25, 0.3) is 0 Å². The fourth-order valence-electron chi connectivity index (χ4n) is 4.05. The molecule has 0 aliphatic carbocycles. The summed E-state index contributed by atoms with van der Waals surface area (Å²) < 4.78 is 0. The molecule has 2 atom stereocenters. The number of benzene rings is 1. The Bertz CT molecular complexity index is 662. The molecule has 0 bridgehead atoms. The largest absolute Gasteiger partial charge is 0.354 e. The molecule has 3 rings (SSSR count). The normalized spacial score (nSPS) is 23.4. The zero-order valence-corrected chi connectivity index (χ0v) is 15.3. The second-order valence-corrected chi connectivity index (χ2v) is 6.96. The van der Waals surface area contributed by atoms with E-state index in [9.17, 15) is 14.4 Å². The number of hydrogen-bond acceptors (Lipinski definition) is 3. The fraction of sp³-hybridized carbons (Fsp3) is 0.550. The van der Waals surface area contributed by atoms with E-state index in [1.54, 1.807) is 4.90 Å². The molecule has 6 nitrogen and oxygen atoms in total. The van der Waals surface area contributed by atoms with Gasteiger partial charge in [-0.1, -0.05) is 30.3 Å². The van der Waals surface area contributed by atoms with Gasteiger partial charge in [0.05, 0.1) is 12.0 Å². The maximum atomic E-state index is 12.9. The number of amides is 3. The summed E-state index contributed by atoms with van der Waals surface area (Å²) >= 11 is 0. The van der Waals surface area contributed by atoms with Crippen molar-refractivity contribution in [2.45, 2.75) is 38.6 Å². The predicted molar refractivity (Wildman–Crippen MR) is 98.1 cm³/mol. The van der Waals surface area contributed by atoms with Crippen molar-refractivity contribution in [2.75, 3.05) is 26.2 Å². The first-order chi connectivity index (χ1) is 12.6. The van der Waals surface area contributed by atoms with Crippen LogP contribution >= 0.6 is 0 Å².